The van der Waals surface area contributed by atoms with Gasteiger partial charge in [0.05, 0.1) is 18.4 Å². The van der Waals surface area contributed by atoms with Gasteiger partial charge < -0.3 is 18.8 Å². The van der Waals surface area contributed by atoms with Crippen molar-refractivity contribution in [3.05, 3.63) is 53.0 Å². The molecule has 1 aromatic carbocycles. The lowest BCUT2D eigenvalue weighted by Gasteiger charge is -2.14. The van der Waals surface area contributed by atoms with E-state index in [0.29, 0.717) is 35.0 Å². The third kappa shape index (κ3) is 5.01. The number of Topliss-reactive ketones (excluding diaryl/α,β-unsaturated/α-hetero) is 1. The lowest BCUT2D eigenvalue weighted by Crippen LogP contribution is -2.27. The van der Waals surface area contributed by atoms with Gasteiger partial charge in [0.25, 0.3) is 5.91 Å². The summed E-state index contributed by atoms with van der Waals surface area (Å²) in [5.41, 5.74) is 0.921. The lowest BCUT2D eigenvalue weighted by molar-refractivity contribution is -0.130. The molecule has 1 aromatic heterocycles. The molecule has 0 saturated heterocycles. The number of carbonyl (C=O) groups is 2. The highest BCUT2D eigenvalue weighted by Gasteiger charge is 2.17. The van der Waals surface area contributed by atoms with Gasteiger partial charge in [-0.15, -0.1) is 0 Å². The first kappa shape index (κ1) is 20.8. The van der Waals surface area contributed by atoms with Crippen molar-refractivity contribution in [3.63, 3.8) is 0 Å². The summed E-state index contributed by atoms with van der Waals surface area (Å²) >= 11 is 0. The molecule has 0 spiro atoms. The summed E-state index contributed by atoms with van der Waals surface area (Å²) in [4.78, 5) is 25.7. The predicted molar refractivity (Wildman–Crippen MR) is 103 cm³/mol. The molecule has 0 unspecified atom stereocenters. The van der Waals surface area contributed by atoms with Crippen molar-refractivity contribution in [2.24, 2.45) is 0 Å². The Balaban J connectivity index is 2.29. The van der Waals surface area contributed by atoms with Gasteiger partial charge in [-0.1, -0.05) is 6.07 Å². The minimum Gasteiger partial charge on any atom is -0.490 e. The third-order valence-corrected chi connectivity index (χ3v) is 3.90. The van der Waals surface area contributed by atoms with Gasteiger partial charge in [0, 0.05) is 14.1 Å². The van der Waals surface area contributed by atoms with Crippen LogP contribution in [0.5, 0.6) is 11.5 Å². The van der Waals surface area contributed by atoms with Gasteiger partial charge in [-0.05, 0) is 43.7 Å². The number of benzene rings is 1. The van der Waals surface area contributed by atoms with Crippen LogP contribution in [0.1, 0.15) is 28.6 Å². The van der Waals surface area contributed by atoms with E-state index in [9.17, 15) is 14.9 Å². The second-order valence-electron chi connectivity index (χ2n) is 6.11. The highest BCUT2D eigenvalue weighted by Crippen LogP contribution is 2.30. The molecule has 7 nitrogen and oxygen atoms in total. The maximum atomic E-state index is 12.5. The van der Waals surface area contributed by atoms with E-state index in [1.807, 2.05) is 13.0 Å². The summed E-state index contributed by atoms with van der Waals surface area (Å²) in [5.74, 6) is 0.690. The monoisotopic (exact) mass is 382 g/mol. The third-order valence-electron chi connectivity index (χ3n) is 3.90. The van der Waals surface area contributed by atoms with E-state index >= 15 is 0 Å². The Morgan fingerprint density at radius 3 is 2.54 bits per heavy atom. The Kier molecular flexibility index (Phi) is 6.99. The fourth-order valence-corrected chi connectivity index (χ4v) is 2.35. The average molecular weight is 382 g/mol. The number of carbonyl (C=O) groups excluding carboxylic acids is 2. The van der Waals surface area contributed by atoms with Crippen LogP contribution in [-0.2, 0) is 4.79 Å². The first-order valence-corrected chi connectivity index (χ1v) is 8.67. The number of aryl methyl sites for hydroxylation is 1. The van der Waals surface area contributed by atoms with Crippen LogP contribution in [0.3, 0.4) is 0 Å². The molecule has 0 saturated carbocycles. The zero-order chi connectivity index (χ0) is 20.7. The van der Waals surface area contributed by atoms with Crippen LogP contribution in [0.25, 0.3) is 6.08 Å². The van der Waals surface area contributed by atoms with Gasteiger partial charge in [0.2, 0.25) is 5.78 Å². The van der Waals surface area contributed by atoms with Gasteiger partial charge in [0.15, 0.2) is 18.1 Å². The number of ether oxygens (including phenoxy) is 2. The molecule has 2 rings (SSSR count). The predicted octanol–water partition coefficient (Wildman–Crippen LogP) is 3.24. The van der Waals surface area contributed by atoms with Crippen LogP contribution in [0.2, 0.25) is 0 Å². The minimum absolute atomic E-state index is 0.0246. The van der Waals surface area contributed by atoms with Crippen molar-refractivity contribution >= 4 is 17.8 Å². The smallest absolute Gasteiger partial charge is 0.259 e. The van der Waals surface area contributed by atoms with Crippen molar-refractivity contribution in [3.8, 4) is 17.6 Å². The Labute approximate surface area is 163 Å². The van der Waals surface area contributed by atoms with E-state index in [0.717, 1.165) is 0 Å². The molecule has 0 fully saturated rings. The normalized spacial score (nSPS) is 10.9. The maximum Gasteiger partial charge on any atom is 0.259 e. The van der Waals surface area contributed by atoms with Gasteiger partial charge in [-0.3, -0.25) is 9.59 Å². The van der Waals surface area contributed by atoms with Gasteiger partial charge in [0.1, 0.15) is 17.4 Å². The number of rotatable bonds is 8. The summed E-state index contributed by atoms with van der Waals surface area (Å²) in [6, 6.07) is 8.45. The Morgan fingerprint density at radius 1 is 1.21 bits per heavy atom. The summed E-state index contributed by atoms with van der Waals surface area (Å²) in [6.45, 7) is 3.76. The number of hydrogen-bond donors (Lipinski definition) is 0. The van der Waals surface area contributed by atoms with Crippen LogP contribution in [0.15, 0.2) is 40.5 Å². The zero-order valence-corrected chi connectivity index (χ0v) is 16.3. The quantitative estimate of drug-likeness (QED) is 0.395. The van der Waals surface area contributed by atoms with Crippen molar-refractivity contribution in [1.82, 2.24) is 4.90 Å². The molecular formula is C21H22N2O5. The lowest BCUT2D eigenvalue weighted by atomic mass is 10.0. The number of nitriles is 1. The number of furan rings is 1. The summed E-state index contributed by atoms with van der Waals surface area (Å²) in [5, 5.41) is 9.40. The topological polar surface area (TPSA) is 92.8 Å². The van der Waals surface area contributed by atoms with E-state index in [4.69, 9.17) is 13.9 Å². The SMILES string of the molecule is CCOc1cc(/C=C(\C#N)C(=O)c2ccoc2C)ccc1OCC(=O)N(C)C. The second-order valence-corrected chi connectivity index (χ2v) is 6.11. The van der Waals surface area contributed by atoms with Gasteiger partial charge >= 0.3 is 0 Å². The summed E-state index contributed by atoms with van der Waals surface area (Å²) < 4.78 is 16.3. The van der Waals surface area contributed by atoms with Crippen molar-refractivity contribution < 1.29 is 23.5 Å². The molecule has 0 N–H and O–H groups in total. The number of hydrogen-bond acceptors (Lipinski definition) is 6. The highest BCUT2D eigenvalue weighted by atomic mass is 16.5. The van der Waals surface area contributed by atoms with E-state index in [1.54, 1.807) is 39.2 Å². The van der Waals surface area contributed by atoms with E-state index in [2.05, 4.69) is 0 Å². The number of allylic oxidation sites excluding steroid dienone is 1. The molecule has 1 heterocycles. The number of nitrogens with zero attached hydrogens (tertiary/aromatic N) is 2. The molecule has 0 bridgehead atoms. The molecular weight excluding hydrogens is 360 g/mol. The minimum atomic E-state index is -0.413. The molecule has 7 heteroatoms. The number of likely N-dealkylation sites (N-methyl/N-ethyl adjacent to an activating group) is 1. The Morgan fingerprint density at radius 2 is 1.96 bits per heavy atom. The van der Waals surface area contributed by atoms with Gasteiger partial charge in [-0.25, -0.2) is 0 Å². The standard InChI is InChI=1S/C21H22N2O5/c1-5-26-19-11-15(6-7-18(19)28-13-20(24)23(3)4)10-16(12-22)21(25)17-8-9-27-14(17)2/h6-11H,5,13H2,1-4H3/b16-10+. The van der Waals surface area contributed by atoms with Crippen LogP contribution < -0.4 is 9.47 Å². The van der Waals surface area contributed by atoms with Crippen molar-refractivity contribution in [2.45, 2.75) is 13.8 Å². The first-order chi connectivity index (χ1) is 13.4. The largest absolute Gasteiger partial charge is 0.490 e. The summed E-state index contributed by atoms with van der Waals surface area (Å²) in [6.07, 6.45) is 2.89. The van der Waals surface area contributed by atoms with Crippen LogP contribution >= 0.6 is 0 Å². The maximum absolute atomic E-state index is 12.5. The van der Waals surface area contributed by atoms with Crippen molar-refractivity contribution in [2.75, 3.05) is 27.3 Å². The van der Waals surface area contributed by atoms with Crippen LogP contribution in [0, 0.1) is 18.3 Å². The average Bonchev–Trinajstić information content (AvgIpc) is 3.10. The fourth-order valence-electron chi connectivity index (χ4n) is 2.35. The second kappa shape index (κ2) is 9.42. The first-order valence-electron chi connectivity index (χ1n) is 8.67. The molecule has 146 valence electrons. The molecule has 1 amide bonds. The highest BCUT2D eigenvalue weighted by molar-refractivity contribution is 6.14. The number of ketones is 1. The van der Waals surface area contributed by atoms with E-state index < -0.39 is 5.78 Å². The molecule has 0 aliphatic carbocycles. The zero-order valence-electron chi connectivity index (χ0n) is 16.3. The van der Waals surface area contributed by atoms with Crippen molar-refractivity contribution in [1.29, 1.82) is 5.26 Å². The molecule has 0 atom stereocenters. The van der Waals surface area contributed by atoms with Crippen LogP contribution in [-0.4, -0.2) is 43.9 Å². The Bertz CT molecular complexity index is 935. The fraction of sp³-hybridized carbons (Fsp3) is 0.286. The van der Waals surface area contributed by atoms with Crippen LogP contribution in [0.4, 0.5) is 0 Å². The molecule has 2 aromatic rings. The summed E-state index contributed by atoms with van der Waals surface area (Å²) in [7, 11) is 3.29. The van der Waals surface area contributed by atoms with E-state index in [-0.39, 0.29) is 18.1 Å². The molecule has 28 heavy (non-hydrogen) atoms. The van der Waals surface area contributed by atoms with Gasteiger partial charge in [-0.2, -0.15) is 5.26 Å². The molecule has 0 radical (unpaired) electrons. The number of amides is 1. The molecule has 0 aliphatic heterocycles. The Hall–Kier alpha value is -3.53. The van der Waals surface area contributed by atoms with E-state index in [1.165, 1.54) is 23.3 Å². The molecule has 0 aliphatic rings.